The van der Waals surface area contributed by atoms with Gasteiger partial charge in [-0.2, -0.15) is 9.36 Å². The molecule has 0 saturated carbocycles. The van der Waals surface area contributed by atoms with Crippen molar-refractivity contribution in [2.24, 2.45) is 0 Å². The fraction of sp³-hybridized carbons (Fsp3) is 0.182. The Hall–Kier alpha value is -2.15. The van der Waals surface area contributed by atoms with Crippen LogP contribution in [0.1, 0.15) is 5.69 Å². The summed E-state index contributed by atoms with van der Waals surface area (Å²) in [7, 11) is 1.85. The highest BCUT2D eigenvalue weighted by Crippen LogP contribution is 2.33. The molecule has 0 spiro atoms. The van der Waals surface area contributed by atoms with Crippen LogP contribution in [-0.2, 0) is 0 Å². The largest absolute Gasteiger partial charge is 0.378 e. The van der Waals surface area contributed by atoms with Gasteiger partial charge in [0, 0.05) is 13.2 Å². The monoisotopic (exact) mass is 261 g/mol. The van der Waals surface area contributed by atoms with Gasteiger partial charge in [-0.1, -0.05) is 5.16 Å². The van der Waals surface area contributed by atoms with E-state index in [1.807, 2.05) is 32.3 Å². The standard InChI is InChI=1S/C11H11N5OS/c1-6-8(11(12-2)18-16-6)10-14-9(15-17-10)7-4-3-5-13-7/h3-5,12-13H,1-2H3. The molecule has 0 fully saturated rings. The number of H-pyrrole nitrogens is 1. The van der Waals surface area contributed by atoms with E-state index < -0.39 is 0 Å². The topological polar surface area (TPSA) is 79.6 Å². The third-order valence-corrected chi connectivity index (χ3v) is 3.52. The van der Waals surface area contributed by atoms with Crippen LogP contribution < -0.4 is 5.32 Å². The van der Waals surface area contributed by atoms with Gasteiger partial charge in [0.15, 0.2) is 0 Å². The summed E-state index contributed by atoms with van der Waals surface area (Å²) in [6.07, 6.45) is 1.82. The molecule has 3 aromatic rings. The number of anilines is 1. The molecular weight excluding hydrogens is 250 g/mol. The van der Waals surface area contributed by atoms with E-state index >= 15 is 0 Å². The van der Waals surface area contributed by atoms with E-state index in [9.17, 15) is 0 Å². The molecule has 3 rings (SSSR count). The molecule has 92 valence electrons. The summed E-state index contributed by atoms with van der Waals surface area (Å²) in [5, 5.41) is 7.97. The lowest BCUT2D eigenvalue weighted by molar-refractivity contribution is 0.432. The number of aryl methyl sites for hydroxylation is 1. The summed E-state index contributed by atoms with van der Waals surface area (Å²) in [6.45, 7) is 1.92. The quantitative estimate of drug-likeness (QED) is 0.757. The van der Waals surface area contributed by atoms with Crippen LogP contribution in [0, 0.1) is 6.92 Å². The maximum atomic E-state index is 5.30. The highest BCUT2D eigenvalue weighted by Gasteiger charge is 2.19. The summed E-state index contributed by atoms with van der Waals surface area (Å²) in [6, 6.07) is 3.79. The van der Waals surface area contributed by atoms with Crippen LogP contribution in [0.3, 0.4) is 0 Å². The van der Waals surface area contributed by atoms with Gasteiger partial charge in [0.05, 0.1) is 17.0 Å². The van der Waals surface area contributed by atoms with Gasteiger partial charge in [-0.05, 0) is 30.6 Å². The number of rotatable bonds is 3. The molecule has 0 bridgehead atoms. The zero-order chi connectivity index (χ0) is 12.5. The predicted octanol–water partition coefficient (Wildman–Crippen LogP) is 2.54. The Bertz CT molecular complexity index is 655. The van der Waals surface area contributed by atoms with Crippen LogP contribution in [0.25, 0.3) is 23.0 Å². The van der Waals surface area contributed by atoms with Gasteiger partial charge in [-0.3, -0.25) is 0 Å². The van der Waals surface area contributed by atoms with Crippen LogP contribution in [0.4, 0.5) is 5.00 Å². The molecule has 7 heteroatoms. The van der Waals surface area contributed by atoms with Crippen molar-refractivity contribution in [3.8, 4) is 23.0 Å². The zero-order valence-electron chi connectivity index (χ0n) is 9.89. The van der Waals surface area contributed by atoms with Crippen LogP contribution in [0.2, 0.25) is 0 Å². The first-order valence-corrected chi connectivity index (χ1v) is 6.19. The van der Waals surface area contributed by atoms with Crippen molar-refractivity contribution in [3.63, 3.8) is 0 Å². The molecule has 3 heterocycles. The highest BCUT2D eigenvalue weighted by atomic mass is 32.1. The summed E-state index contributed by atoms with van der Waals surface area (Å²) in [5.41, 5.74) is 2.58. The molecule has 6 nitrogen and oxygen atoms in total. The lowest BCUT2D eigenvalue weighted by Gasteiger charge is -1.96. The number of aromatic amines is 1. The van der Waals surface area contributed by atoms with E-state index in [-0.39, 0.29) is 0 Å². The average Bonchev–Trinajstić information content (AvgIpc) is 3.07. The molecule has 0 aliphatic rings. The molecule has 0 saturated heterocycles. The van der Waals surface area contributed by atoms with Crippen molar-refractivity contribution in [2.45, 2.75) is 6.92 Å². The normalized spacial score (nSPS) is 10.8. The first-order valence-electron chi connectivity index (χ1n) is 5.41. The molecular formula is C11H11N5OS. The first-order chi connectivity index (χ1) is 8.79. The van der Waals surface area contributed by atoms with Gasteiger partial charge in [0.2, 0.25) is 5.82 Å². The second kappa shape index (κ2) is 4.26. The minimum absolute atomic E-state index is 0.482. The van der Waals surface area contributed by atoms with Crippen molar-refractivity contribution in [1.29, 1.82) is 0 Å². The Labute approximate surface area is 107 Å². The number of hydrogen-bond donors (Lipinski definition) is 2. The fourth-order valence-corrected chi connectivity index (χ4v) is 2.43. The van der Waals surface area contributed by atoms with E-state index in [1.54, 1.807) is 0 Å². The number of aromatic nitrogens is 4. The summed E-state index contributed by atoms with van der Waals surface area (Å²) < 4.78 is 9.58. The highest BCUT2D eigenvalue weighted by molar-refractivity contribution is 7.10. The van der Waals surface area contributed by atoms with Gasteiger partial charge >= 0.3 is 0 Å². The van der Waals surface area contributed by atoms with E-state index in [0.29, 0.717) is 11.7 Å². The molecule has 3 aromatic heterocycles. The summed E-state index contributed by atoms with van der Waals surface area (Å²) >= 11 is 1.38. The molecule has 0 aliphatic carbocycles. The van der Waals surface area contributed by atoms with Crippen molar-refractivity contribution >= 4 is 16.5 Å². The molecule has 2 N–H and O–H groups in total. The maximum absolute atomic E-state index is 5.30. The Morgan fingerprint density at radius 2 is 2.33 bits per heavy atom. The Balaban J connectivity index is 2.05. The zero-order valence-corrected chi connectivity index (χ0v) is 10.7. The Morgan fingerprint density at radius 3 is 3.06 bits per heavy atom. The molecule has 0 unspecified atom stereocenters. The maximum Gasteiger partial charge on any atom is 0.263 e. The minimum atomic E-state index is 0.482. The third kappa shape index (κ3) is 1.68. The van der Waals surface area contributed by atoms with Crippen molar-refractivity contribution in [2.75, 3.05) is 12.4 Å². The van der Waals surface area contributed by atoms with Gasteiger partial charge in [-0.15, -0.1) is 0 Å². The third-order valence-electron chi connectivity index (χ3n) is 2.57. The van der Waals surface area contributed by atoms with Crippen molar-refractivity contribution < 1.29 is 4.52 Å². The molecule has 0 aliphatic heterocycles. The summed E-state index contributed by atoms with van der Waals surface area (Å²) in [4.78, 5) is 7.42. The molecule has 18 heavy (non-hydrogen) atoms. The fourth-order valence-electron chi connectivity index (χ4n) is 1.70. The van der Waals surface area contributed by atoms with Crippen molar-refractivity contribution in [1.82, 2.24) is 19.5 Å². The van der Waals surface area contributed by atoms with E-state index in [2.05, 4.69) is 24.8 Å². The lowest BCUT2D eigenvalue weighted by atomic mass is 10.2. The smallest absolute Gasteiger partial charge is 0.263 e. The number of nitrogens with one attached hydrogen (secondary N) is 2. The van der Waals surface area contributed by atoms with Crippen LogP contribution in [0.15, 0.2) is 22.9 Å². The Morgan fingerprint density at radius 1 is 1.44 bits per heavy atom. The van der Waals surface area contributed by atoms with Gasteiger partial charge in [0.1, 0.15) is 5.00 Å². The van der Waals surface area contributed by atoms with E-state index in [1.165, 1.54) is 11.5 Å². The SMILES string of the molecule is CNc1snc(C)c1-c1nc(-c2ccc[nH]2)no1. The summed E-state index contributed by atoms with van der Waals surface area (Å²) in [5.74, 6) is 1.03. The van der Waals surface area contributed by atoms with Gasteiger partial charge < -0.3 is 14.8 Å². The molecule has 0 aromatic carbocycles. The predicted molar refractivity (Wildman–Crippen MR) is 69.5 cm³/mol. The molecule has 0 amide bonds. The van der Waals surface area contributed by atoms with E-state index in [0.717, 1.165) is 22.0 Å². The average molecular weight is 261 g/mol. The van der Waals surface area contributed by atoms with Crippen LogP contribution in [0.5, 0.6) is 0 Å². The molecule has 0 atom stereocenters. The molecule has 0 radical (unpaired) electrons. The second-order valence-electron chi connectivity index (χ2n) is 3.73. The van der Waals surface area contributed by atoms with Crippen LogP contribution in [-0.4, -0.2) is 26.5 Å². The van der Waals surface area contributed by atoms with Gasteiger partial charge in [0.25, 0.3) is 5.89 Å². The van der Waals surface area contributed by atoms with Crippen molar-refractivity contribution in [3.05, 3.63) is 24.0 Å². The van der Waals surface area contributed by atoms with Crippen LogP contribution >= 0.6 is 11.5 Å². The first kappa shape index (κ1) is 11.0. The second-order valence-corrected chi connectivity index (χ2v) is 4.50. The number of hydrogen-bond acceptors (Lipinski definition) is 6. The minimum Gasteiger partial charge on any atom is -0.378 e. The van der Waals surface area contributed by atoms with Gasteiger partial charge in [-0.25, -0.2) is 0 Å². The van der Waals surface area contributed by atoms with E-state index in [4.69, 9.17) is 4.52 Å². The lowest BCUT2D eigenvalue weighted by Crippen LogP contribution is -1.88. The number of nitrogens with zero attached hydrogens (tertiary/aromatic N) is 3. The Kier molecular flexibility index (Phi) is 2.60.